The SMILES string of the molecule is CCC[C@@H]1NC(=O)[C@H](Cc2c[nH]c3ncccc23)NC(=O)[C@@H]([C@@H](C)O)NC(=O)[C@@H](NC(=O)[C@H](Cc2ccc(O)cc2)NC(=O)C(NC(=O)CCSCc2cccc(CSC[C@H](NC(=O)C[C@@H](C)O)C(N)=O)c2)C(C)(C)C)CCCNC(=O)CCC[C@@H](C(=O)N[C@@H](Cc2ccc(O)cc2)C(=O)N[C@H](C(N)=O)C2CCCCC2)NC1=O. The number of nitrogens with one attached hydrogen (secondary N) is 12. The molecular weight excluding hydrogens is 1510 g/mol. The maximum absolute atomic E-state index is 15.1. The number of hydrogen-bond donors (Lipinski definition) is 18. The minimum atomic E-state index is -1.85. The van der Waals surface area contributed by atoms with Crippen molar-refractivity contribution in [2.45, 2.75) is 235 Å². The molecule has 1 saturated heterocycles. The average Bonchev–Trinajstić information content (AvgIpc) is 1.73. The Morgan fingerprint density at radius 2 is 1.25 bits per heavy atom. The van der Waals surface area contributed by atoms with Gasteiger partial charge in [-0.15, -0.1) is 0 Å². The summed E-state index contributed by atoms with van der Waals surface area (Å²) >= 11 is 2.86. The number of benzene rings is 3. The minimum Gasteiger partial charge on any atom is -0.508 e. The molecule has 1 aliphatic carbocycles. The van der Waals surface area contributed by atoms with Crippen molar-refractivity contribution < 1.29 is 82.8 Å². The standard InChI is InChI=1S/C80H111N15O17S2/c1-7-15-56-72(105)88-57(73(106)90-60(39-48-26-30-54(99)31-27-48)77(110)95-67(70(82)104)51-18-9-8-10-19-51)21-12-23-63(100)83-33-14-22-58(74(107)94-66(46(3)97)78(111)91-61(76(109)87-56)40-52-41-85-71-55(52)20-13-34-84-71)89-75(108)59(38-47-24-28-53(98)29-25-47)92-79(112)68(80(4,5)6)93-64(101)32-35-113-42-49-16-11-17-50(37-49)43-114-44-62(69(81)103)86-65(102)36-45(2)96/h11,13,16-17,20,24-31,34,37,41,45-46,51,56-62,66-68,96-99H,7-10,12,14-15,18-19,21-23,32-33,35-36,38-40,42-44H2,1-6H3,(H2,81,103)(H2,82,104)(H,83,100)(H,84,85)(H,86,102)(H,87,109)(H,88,105)(H,89,108)(H,90,106)(H,91,111)(H,92,112)(H,93,101)(H,94,107)(H,95,110)/t45-,46-,56+,57+,58+,59+,60+,61+,62+,66-,67+,68?/m1/s1. The summed E-state index contributed by atoms with van der Waals surface area (Å²) in [5.41, 5.74) is 14.2. The van der Waals surface area contributed by atoms with Crippen LogP contribution in [0.5, 0.6) is 11.5 Å². The molecule has 2 fully saturated rings. The van der Waals surface area contributed by atoms with Gasteiger partial charge in [-0.05, 0) is 134 Å². The third-order valence-electron chi connectivity index (χ3n) is 19.6. The summed E-state index contributed by atoms with van der Waals surface area (Å²) < 4.78 is 0. The maximum Gasteiger partial charge on any atom is 0.245 e. The van der Waals surface area contributed by atoms with Crippen LogP contribution in [0.4, 0.5) is 0 Å². The molecule has 1 unspecified atom stereocenters. The van der Waals surface area contributed by atoms with Crippen LogP contribution in [0.1, 0.15) is 159 Å². The summed E-state index contributed by atoms with van der Waals surface area (Å²) in [5, 5.41) is 71.9. The van der Waals surface area contributed by atoms with E-state index in [0.717, 1.165) is 30.4 Å². The Hall–Kier alpha value is -10.3. The number of rotatable bonds is 33. The van der Waals surface area contributed by atoms with Crippen molar-refractivity contribution in [1.29, 1.82) is 0 Å². The van der Waals surface area contributed by atoms with Gasteiger partial charge < -0.3 is 95.4 Å². The predicted octanol–water partition coefficient (Wildman–Crippen LogP) is 2.04. The highest BCUT2D eigenvalue weighted by Gasteiger charge is 2.40. The number of hydrogen-bond acceptors (Lipinski definition) is 20. The Labute approximate surface area is 671 Å². The van der Waals surface area contributed by atoms with Crippen LogP contribution in [-0.4, -0.2) is 198 Å². The minimum absolute atomic E-state index is 0.0152. The summed E-state index contributed by atoms with van der Waals surface area (Å²) in [6.45, 7) is 9.43. The summed E-state index contributed by atoms with van der Waals surface area (Å²) in [7, 11) is 0. The highest BCUT2D eigenvalue weighted by Crippen LogP contribution is 2.28. The van der Waals surface area contributed by atoms with Crippen LogP contribution in [0.3, 0.4) is 0 Å². The van der Waals surface area contributed by atoms with Crippen molar-refractivity contribution in [2.24, 2.45) is 22.8 Å². The summed E-state index contributed by atoms with van der Waals surface area (Å²) in [4.78, 5) is 191. The molecule has 2 aromatic heterocycles. The lowest BCUT2D eigenvalue weighted by Crippen LogP contribution is -2.62. The number of fused-ring (bicyclic) bond motifs is 1. The molecule has 2 aliphatic rings. The number of phenolic OH excluding ortho intramolecular Hbond substituents is 2. The van der Waals surface area contributed by atoms with Crippen molar-refractivity contribution in [3.63, 3.8) is 0 Å². The monoisotopic (exact) mass is 1620 g/mol. The topological polar surface area (TPSA) is 516 Å². The number of aromatic nitrogens is 2. The summed E-state index contributed by atoms with van der Waals surface area (Å²) in [6.07, 6.45) is 2.98. The van der Waals surface area contributed by atoms with Crippen LogP contribution in [0.2, 0.25) is 0 Å². The highest BCUT2D eigenvalue weighted by atomic mass is 32.2. The van der Waals surface area contributed by atoms with Crippen molar-refractivity contribution >= 4 is 111 Å². The number of nitrogens with zero attached hydrogens (tertiary/aromatic N) is 1. The molecular formula is C80H111N15O17S2. The fourth-order valence-electron chi connectivity index (χ4n) is 13.4. The van der Waals surface area contributed by atoms with Gasteiger partial charge >= 0.3 is 0 Å². The van der Waals surface area contributed by atoms with E-state index in [1.165, 1.54) is 73.8 Å². The second-order valence-corrected chi connectivity index (χ2v) is 32.4. The number of aliphatic hydroxyl groups excluding tert-OH is 2. The van der Waals surface area contributed by atoms with E-state index in [1.54, 1.807) is 64.4 Å². The lowest BCUT2D eigenvalue weighted by atomic mass is 9.83. The second-order valence-electron chi connectivity index (χ2n) is 30.3. The van der Waals surface area contributed by atoms with Crippen molar-refractivity contribution in [3.8, 4) is 11.5 Å². The van der Waals surface area contributed by atoms with E-state index in [1.807, 2.05) is 24.3 Å². The van der Waals surface area contributed by atoms with Gasteiger partial charge in [0.05, 0.1) is 18.6 Å². The molecule has 13 amide bonds. The zero-order valence-corrected chi connectivity index (χ0v) is 66.9. The van der Waals surface area contributed by atoms with Crippen LogP contribution < -0.4 is 70.0 Å². The molecule has 0 bridgehead atoms. The van der Waals surface area contributed by atoms with Crippen molar-refractivity contribution in [2.75, 3.05) is 18.1 Å². The molecule has 34 heteroatoms. The van der Waals surface area contributed by atoms with Gasteiger partial charge in [-0.2, -0.15) is 23.5 Å². The van der Waals surface area contributed by atoms with Crippen LogP contribution >= 0.6 is 23.5 Å². The maximum atomic E-state index is 15.1. The Morgan fingerprint density at radius 1 is 0.623 bits per heavy atom. The summed E-state index contributed by atoms with van der Waals surface area (Å²) in [6, 6.07) is 8.69. The quantitative estimate of drug-likeness (QED) is 0.0267. The molecule has 620 valence electrons. The second kappa shape index (κ2) is 44.9. The van der Waals surface area contributed by atoms with Crippen molar-refractivity contribution in [1.82, 2.24) is 68.5 Å². The molecule has 114 heavy (non-hydrogen) atoms. The van der Waals surface area contributed by atoms with Gasteiger partial charge in [0.15, 0.2) is 0 Å². The number of phenols is 2. The van der Waals surface area contributed by atoms with Gasteiger partial charge in [-0.3, -0.25) is 62.3 Å². The number of amides is 13. The largest absolute Gasteiger partial charge is 0.508 e. The Morgan fingerprint density at radius 3 is 1.87 bits per heavy atom. The molecule has 1 saturated carbocycles. The Balaban J connectivity index is 1.12. The highest BCUT2D eigenvalue weighted by molar-refractivity contribution is 7.98. The number of primary amides is 2. The molecule has 3 heterocycles. The molecule has 20 N–H and O–H groups in total. The van der Waals surface area contributed by atoms with E-state index >= 15 is 4.79 Å². The zero-order valence-electron chi connectivity index (χ0n) is 65.3. The van der Waals surface area contributed by atoms with E-state index in [9.17, 15) is 78.0 Å². The average molecular weight is 1620 g/mol. The fraction of sp³-hybridized carbons (Fsp3) is 0.525. The first-order valence-corrected chi connectivity index (χ1v) is 41.0. The van der Waals surface area contributed by atoms with E-state index in [2.05, 4.69) is 68.5 Å². The fourth-order valence-corrected chi connectivity index (χ4v) is 15.3. The third kappa shape index (κ3) is 29.6. The van der Waals surface area contributed by atoms with E-state index in [-0.39, 0.29) is 107 Å². The molecule has 0 radical (unpaired) electrons. The molecule has 32 nitrogen and oxygen atoms in total. The number of aromatic amines is 1. The number of pyridine rings is 1. The molecule has 1 aliphatic heterocycles. The number of aliphatic hydroxyl groups is 2. The molecule has 3 aromatic carbocycles. The van der Waals surface area contributed by atoms with Gasteiger partial charge in [-0.25, -0.2) is 4.98 Å². The lowest BCUT2D eigenvalue weighted by Gasteiger charge is -2.32. The molecule has 5 aromatic rings. The normalized spacial score (nSPS) is 19.8. The lowest BCUT2D eigenvalue weighted by molar-refractivity contribution is -0.137. The van der Waals surface area contributed by atoms with Crippen LogP contribution in [-0.2, 0) is 93.1 Å². The van der Waals surface area contributed by atoms with Gasteiger partial charge in [0.1, 0.15) is 77.6 Å². The predicted molar refractivity (Wildman–Crippen MR) is 430 cm³/mol. The van der Waals surface area contributed by atoms with Crippen LogP contribution in [0.25, 0.3) is 11.0 Å². The number of carbonyl (C=O) groups excluding carboxylic acids is 13. The van der Waals surface area contributed by atoms with Crippen LogP contribution in [0, 0.1) is 11.3 Å². The van der Waals surface area contributed by atoms with E-state index in [0.29, 0.717) is 57.8 Å². The number of aromatic hydroxyl groups is 2. The van der Waals surface area contributed by atoms with Gasteiger partial charge in [0.2, 0.25) is 76.8 Å². The van der Waals surface area contributed by atoms with Gasteiger partial charge in [0, 0.05) is 79.4 Å². The Bertz CT molecular complexity index is 4120. The number of nitrogens with two attached hydrogens (primary N) is 2. The van der Waals surface area contributed by atoms with Crippen molar-refractivity contribution in [3.05, 3.63) is 125 Å². The summed E-state index contributed by atoms with van der Waals surface area (Å²) in [5.74, 6) is -9.08. The van der Waals surface area contributed by atoms with Gasteiger partial charge in [-0.1, -0.05) is 102 Å². The Kier molecular flexibility index (Phi) is 35.8. The van der Waals surface area contributed by atoms with Gasteiger partial charge in [0.25, 0.3) is 0 Å². The molecule has 7 rings (SSSR count). The first-order valence-electron chi connectivity index (χ1n) is 38.7. The van der Waals surface area contributed by atoms with E-state index < -0.39 is 155 Å². The first-order chi connectivity index (χ1) is 54.2. The zero-order chi connectivity index (χ0) is 83.2. The number of thioether (sulfide) groups is 2. The smallest absolute Gasteiger partial charge is 0.245 e. The first kappa shape index (κ1) is 90.9. The number of H-pyrrole nitrogens is 1. The third-order valence-corrected chi connectivity index (χ3v) is 21.8. The van der Waals surface area contributed by atoms with Crippen LogP contribution in [0.15, 0.2) is 97.3 Å². The number of carbonyl (C=O) groups is 13. The molecule has 12 atom stereocenters. The van der Waals surface area contributed by atoms with E-state index in [4.69, 9.17) is 11.5 Å². The molecule has 0 spiro atoms.